The van der Waals surface area contributed by atoms with Crippen LogP contribution in [0.25, 0.3) is 0 Å². The van der Waals surface area contributed by atoms with E-state index < -0.39 is 0 Å². The Hall–Kier alpha value is -0.480. The Balaban J connectivity index is 2.51. The quantitative estimate of drug-likeness (QED) is 0.730. The highest BCUT2D eigenvalue weighted by Gasteiger charge is 2.00. The summed E-state index contributed by atoms with van der Waals surface area (Å²) < 4.78 is 0. The van der Waals surface area contributed by atoms with E-state index in [0.29, 0.717) is 4.99 Å². The molecule has 0 bridgehead atoms. The van der Waals surface area contributed by atoms with Gasteiger partial charge < -0.3 is 5.73 Å². The monoisotopic (exact) mass is 186 g/mol. The summed E-state index contributed by atoms with van der Waals surface area (Å²) >= 11 is 6.44. The Morgan fingerprint density at radius 3 is 3.00 bits per heavy atom. The summed E-state index contributed by atoms with van der Waals surface area (Å²) in [5.74, 6) is 0. The molecule has 11 heavy (non-hydrogen) atoms. The lowest BCUT2D eigenvalue weighted by molar-refractivity contribution is 1.04. The number of aryl methyl sites for hydroxylation is 2. The van der Waals surface area contributed by atoms with E-state index in [-0.39, 0.29) is 0 Å². The molecule has 0 aliphatic rings. The van der Waals surface area contributed by atoms with E-state index in [1.165, 1.54) is 4.88 Å². The number of nitrogens with two attached hydrogens (primary N) is 1. The topological polar surface area (TPSA) is 38.9 Å². The Kier molecular flexibility index (Phi) is 2.96. The molecule has 4 heteroatoms. The molecule has 0 aromatic carbocycles. The number of hydrogen-bond donors (Lipinski definition) is 1. The first kappa shape index (κ1) is 8.62. The third-order valence-electron chi connectivity index (χ3n) is 1.44. The zero-order chi connectivity index (χ0) is 8.27. The van der Waals surface area contributed by atoms with E-state index in [1.54, 1.807) is 11.3 Å². The first-order valence-corrected chi connectivity index (χ1v) is 4.66. The Morgan fingerprint density at radius 2 is 2.55 bits per heavy atom. The van der Waals surface area contributed by atoms with Gasteiger partial charge in [-0.15, -0.1) is 11.3 Å². The zero-order valence-electron chi connectivity index (χ0n) is 6.33. The summed E-state index contributed by atoms with van der Waals surface area (Å²) in [4.78, 5) is 6.00. The summed E-state index contributed by atoms with van der Waals surface area (Å²) in [6.45, 7) is 2.01. The molecule has 60 valence electrons. The zero-order valence-corrected chi connectivity index (χ0v) is 7.97. The van der Waals surface area contributed by atoms with Crippen molar-refractivity contribution in [1.82, 2.24) is 4.98 Å². The molecule has 0 fully saturated rings. The van der Waals surface area contributed by atoms with Crippen LogP contribution in [0.5, 0.6) is 0 Å². The van der Waals surface area contributed by atoms with Crippen molar-refractivity contribution in [2.75, 3.05) is 0 Å². The lowest BCUT2D eigenvalue weighted by atomic mass is 10.2. The van der Waals surface area contributed by atoms with Gasteiger partial charge in [-0.2, -0.15) is 0 Å². The molecule has 0 unspecified atom stereocenters. The van der Waals surface area contributed by atoms with Gasteiger partial charge in [-0.05, 0) is 13.3 Å². The van der Waals surface area contributed by atoms with Crippen molar-refractivity contribution >= 4 is 28.5 Å². The molecule has 0 aliphatic carbocycles. The van der Waals surface area contributed by atoms with Crippen molar-refractivity contribution < 1.29 is 0 Å². The summed E-state index contributed by atoms with van der Waals surface area (Å²) in [5.41, 5.74) is 8.33. The Morgan fingerprint density at radius 1 is 1.82 bits per heavy atom. The summed E-state index contributed by atoms with van der Waals surface area (Å²) in [7, 11) is 0. The molecular formula is C7H10N2S2. The highest BCUT2D eigenvalue weighted by atomic mass is 32.1. The molecule has 0 aliphatic heterocycles. The van der Waals surface area contributed by atoms with E-state index in [1.807, 2.05) is 12.4 Å². The molecule has 2 N–H and O–H groups in total. The molecule has 0 atom stereocenters. The van der Waals surface area contributed by atoms with Gasteiger partial charge in [0.1, 0.15) is 0 Å². The van der Waals surface area contributed by atoms with Crippen LogP contribution in [0.1, 0.15) is 17.0 Å². The molecule has 1 heterocycles. The van der Waals surface area contributed by atoms with Crippen LogP contribution in [0.4, 0.5) is 0 Å². The molecule has 0 radical (unpaired) electrons. The predicted octanol–water partition coefficient (Wildman–Crippen LogP) is 1.67. The Bertz CT molecular complexity index is 255. The molecule has 1 rings (SSSR count). The molecule has 2 nitrogen and oxygen atoms in total. The van der Waals surface area contributed by atoms with E-state index in [0.717, 1.165) is 18.5 Å². The van der Waals surface area contributed by atoms with Gasteiger partial charge in [0, 0.05) is 11.3 Å². The first-order valence-electron chi connectivity index (χ1n) is 3.37. The number of thiazole rings is 1. The minimum Gasteiger partial charge on any atom is -0.393 e. The highest BCUT2D eigenvalue weighted by molar-refractivity contribution is 7.80. The van der Waals surface area contributed by atoms with Crippen LogP contribution < -0.4 is 5.73 Å². The van der Waals surface area contributed by atoms with Crippen LogP contribution >= 0.6 is 23.6 Å². The maximum atomic E-state index is 5.37. The molecule has 0 spiro atoms. The second-order valence-corrected chi connectivity index (χ2v) is 3.79. The second-order valence-electron chi connectivity index (χ2n) is 2.33. The smallest absolute Gasteiger partial charge is 0.0797 e. The van der Waals surface area contributed by atoms with Gasteiger partial charge in [0.15, 0.2) is 0 Å². The predicted molar refractivity (Wildman–Crippen MR) is 52.0 cm³/mol. The first-order chi connectivity index (χ1) is 5.20. The lowest BCUT2D eigenvalue weighted by Gasteiger charge is -1.95. The van der Waals surface area contributed by atoms with Gasteiger partial charge in [0.05, 0.1) is 16.2 Å². The van der Waals surface area contributed by atoms with Crippen molar-refractivity contribution in [3.63, 3.8) is 0 Å². The SMILES string of the molecule is Cc1ncsc1CCC(N)=S. The standard InChI is InChI=1S/C7H10N2S2/c1-5-6(11-4-9-5)2-3-7(8)10/h4H,2-3H2,1H3,(H2,8,10). The van der Waals surface area contributed by atoms with Gasteiger partial charge in [-0.3, -0.25) is 0 Å². The fourth-order valence-electron chi connectivity index (χ4n) is 0.803. The summed E-state index contributed by atoms with van der Waals surface area (Å²) in [6.07, 6.45) is 1.73. The van der Waals surface area contributed by atoms with E-state index in [2.05, 4.69) is 4.98 Å². The fraction of sp³-hybridized carbons (Fsp3) is 0.429. The lowest BCUT2D eigenvalue weighted by Crippen LogP contribution is -2.08. The van der Waals surface area contributed by atoms with Crippen LogP contribution in [0.2, 0.25) is 0 Å². The number of hydrogen-bond acceptors (Lipinski definition) is 3. The molecule has 1 aromatic heterocycles. The second kappa shape index (κ2) is 3.78. The van der Waals surface area contributed by atoms with Gasteiger partial charge in [0.25, 0.3) is 0 Å². The van der Waals surface area contributed by atoms with Crippen molar-refractivity contribution in [2.45, 2.75) is 19.8 Å². The highest BCUT2D eigenvalue weighted by Crippen LogP contribution is 2.13. The molecular weight excluding hydrogens is 176 g/mol. The average Bonchev–Trinajstić information content (AvgIpc) is 2.31. The van der Waals surface area contributed by atoms with Gasteiger partial charge in [-0.1, -0.05) is 12.2 Å². The largest absolute Gasteiger partial charge is 0.393 e. The third-order valence-corrected chi connectivity index (χ3v) is 2.64. The van der Waals surface area contributed by atoms with Crippen molar-refractivity contribution in [1.29, 1.82) is 0 Å². The average molecular weight is 186 g/mol. The molecule has 0 saturated heterocycles. The van der Waals surface area contributed by atoms with Crippen LogP contribution in [-0.4, -0.2) is 9.97 Å². The van der Waals surface area contributed by atoms with Gasteiger partial charge in [0.2, 0.25) is 0 Å². The minimum atomic E-state index is 0.581. The van der Waals surface area contributed by atoms with Crippen molar-refractivity contribution in [3.8, 4) is 0 Å². The summed E-state index contributed by atoms with van der Waals surface area (Å²) in [5, 5.41) is 0. The van der Waals surface area contributed by atoms with Crippen LogP contribution in [0, 0.1) is 6.92 Å². The fourth-order valence-corrected chi connectivity index (χ4v) is 1.69. The summed E-state index contributed by atoms with van der Waals surface area (Å²) in [6, 6.07) is 0. The molecule has 0 amide bonds. The third kappa shape index (κ3) is 2.55. The number of rotatable bonds is 3. The number of nitrogens with zero attached hydrogens (tertiary/aromatic N) is 1. The van der Waals surface area contributed by atoms with Crippen LogP contribution in [0.15, 0.2) is 5.51 Å². The molecule has 0 saturated carbocycles. The van der Waals surface area contributed by atoms with Crippen LogP contribution in [-0.2, 0) is 6.42 Å². The maximum Gasteiger partial charge on any atom is 0.0797 e. The van der Waals surface area contributed by atoms with Gasteiger partial charge >= 0.3 is 0 Å². The van der Waals surface area contributed by atoms with Crippen molar-refractivity contribution in [2.24, 2.45) is 5.73 Å². The Labute approximate surface area is 75.4 Å². The van der Waals surface area contributed by atoms with Gasteiger partial charge in [-0.25, -0.2) is 4.98 Å². The van der Waals surface area contributed by atoms with E-state index >= 15 is 0 Å². The minimum absolute atomic E-state index is 0.581. The maximum absolute atomic E-state index is 5.37. The number of aromatic nitrogens is 1. The van der Waals surface area contributed by atoms with E-state index in [4.69, 9.17) is 18.0 Å². The van der Waals surface area contributed by atoms with Crippen molar-refractivity contribution in [3.05, 3.63) is 16.1 Å². The normalized spacial score (nSPS) is 9.91. The number of thiocarbonyl (C=S) groups is 1. The van der Waals surface area contributed by atoms with E-state index in [9.17, 15) is 0 Å². The van der Waals surface area contributed by atoms with Crippen LogP contribution in [0.3, 0.4) is 0 Å². The molecule has 1 aromatic rings.